The molecule has 6 nitrogen and oxygen atoms in total. The summed E-state index contributed by atoms with van der Waals surface area (Å²) in [7, 11) is 0. The number of hydrogen-bond acceptors (Lipinski definition) is 6. The molecule has 4 saturated heterocycles. The lowest BCUT2D eigenvalue weighted by molar-refractivity contribution is -0.0713. The summed E-state index contributed by atoms with van der Waals surface area (Å²) in [6, 6.07) is 1.82. The molecule has 0 spiro atoms. The lowest BCUT2D eigenvalue weighted by Crippen LogP contribution is -2.63. The fraction of sp³-hybridized carbons (Fsp3) is 1.00. The van der Waals surface area contributed by atoms with E-state index in [-0.39, 0.29) is 40.1 Å². The Labute approximate surface area is 264 Å². The minimum absolute atomic E-state index is 0.0577. The first-order valence-corrected chi connectivity index (χ1v) is 17.6. The highest BCUT2D eigenvalue weighted by molar-refractivity contribution is 5.23. The van der Waals surface area contributed by atoms with Crippen molar-refractivity contribution in [1.82, 2.24) is 24.9 Å². The van der Waals surface area contributed by atoms with Gasteiger partial charge in [-0.25, -0.2) is 4.39 Å². The number of alkyl halides is 1. The number of piperazine rings is 1. The summed E-state index contributed by atoms with van der Waals surface area (Å²) in [6.07, 6.45) is 1.35. The van der Waals surface area contributed by atoms with Gasteiger partial charge in [0.25, 0.3) is 0 Å². The highest BCUT2D eigenvalue weighted by atomic mass is 19.1. The smallest absolute Gasteiger partial charge is 0.118 e. The number of hydrogen-bond donors (Lipinski definition) is 1. The molecule has 0 bridgehead atoms. The standard InChI is InChI=1S/C36H68FN5O/c1-32(2,3)29-18-25(37)27(41(29)34(7,8)9)22-40-16-17-43-28(23-40)26-21-39(15-14-38-26)20-24-31(33(4,5)6)42(35(10,11)12)30-19-36(24,30)13/h24-31,38H,14-23H2,1-13H3/t24?,25-,26?,27-,28?,29+,30?,31+,36-/m1/s1. The van der Waals surface area contributed by atoms with Crippen molar-refractivity contribution in [3.63, 3.8) is 0 Å². The van der Waals surface area contributed by atoms with Gasteiger partial charge < -0.3 is 15.0 Å². The van der Waals surface area contributed by atoms with Gasteiger partial charge in [-0.2, -0.15) is 0 Å². The molecule has 4 heterocycles. The number of ether oxygens (including phenoxy) is 1. The number of nitrogens with zero attached hydrogens (tertiary/aromatic N) is 4. The van der Waals surface area contributed by atoms with Gasteiger partial charge in [-0.05, 0) is 76.5 Å². The Morgan fingerprint density at radius 2 is 1.44 bits per heavy atom. The Balaban J connectivity index is 1.24. The van der Waals surface area contributed by atoms with Crippen molar-refractivity contribution in [2.75, 3.05) is 52.4 Å². The predicted molar refractivity (Wildman–Crippen MR) is 177 cm³/mol. The van der Waals surface area contributed by atoms with E-state index in [1.165, 1.54) is 13.0 Å². The van der Waals surface area contributed by atoms with Gasteiger partial charge >= 0.3 is 0 Å². The average molecular weight is 606 g/mol. The Kier molecular flexibility index (Phi) is 9.05. The van der Waals surface area contributed by atoms with Crippen LogP contribution in [-0.2, 0) is 4.74 Å². The van der Waals surface area contributed by atoms with E-state index in [1.54, 1.807) is 0 Å². The fourth-order valence-corrected chi connectivity index (χ4v) is 9.90. The van der Waals surface area contributed by atoms with Crippen molar-refractivity contribution in [1.29, 1.82) is 0 Å². The molecular weight excluding hydrogens is 537 g/mol. The van der Waals surface area contributed by atoms with Crippen LogP contribution in [0.1, 0.15) is 103 Å². The molecule has 5 aliphatic rings. The molecule has 0 aromatic rings. The zero-order chi connectivity index (χ0) is 31.9. The number of piperidine rings is 1. The SMILES string of the molecule is CC(C)(C)[C@@H]1C(CN2CCNC(C3CN(C[C@@H]4[C@H](F)C[C@@H](C(C)(C)C)N4C(C)(C)C)CCO3)C2)[C@@]2(C)CC2N1C(C)(C)C. The lowest BCUT2D eigenvalue weighted by atomic mass is 9.73. The summed E-state index contributed by atoms with van der Waals surface area (Å²) in [6.45, 7) is 38.5. The largest absolute Gasteiger partial charge is 0.374 e. The second kappa shape index (κ2) is 11.4. The summed E-state index contributed by atoms with van der Waals surface area (Å²) >= 11 is 0. The Hall–Kier alpha value is -0.310. The van der Waals surface area contributed by atoms with Crippen molar-refractivity contribution in [3.05, 3.63) is 0 Å². The first kappa shape index (κ1) is 34.0. The van der Waals surface area contributed by atoms with Gasteiger partial charge in [-0.3, -0.25) is 14.7 Å². The Morgan fingerprint density at radius 3 is 2.02 bits per heavy atom. The van der Waals surface area contributed by atoms with Crippen LogP contribution >= 0.6 is 0 Å². The fourth-order valence-electron chi connectivity index (χ4n) is 9.90. The topological polar surface area (TPSA) is 34.2 Å². The number of nitrogens with one attached hydrogen (secondary N) is 1. The first-order chi connectivity index (χ1) is 19.6. The van der Waals surface area contributed by atoms with E-state index >= 15 is 4.39 Å². The maximum atomic E-state index is 15.8. The van der Waals surface area contributed by atoms with Gasteiger partial charge in [0.15, 0.2) is 0 Å². The van der Waals surface area contributed by atoms with Crippen LogP contribution in [0.5, 0.6) is 0 Å². The maximum absolute atomic E-state index is 15.8. The van der Waals surface area contributed by atoms with E-state index in [2.05, 4.69) is 115 Å². The molecular formula is C36H68FN5O. The molecule has 7 heteroatoms. The van der Waals surface area contributed by atoms with Crippen molar-refractivity contribution in [3.8, 4) is 0 Å². The number of likely N-dealkylation sites (tertiary alicyclic amines) is 2. The molecule has 5 rings (SSSR count). The van der Waals surface area contributed by atoms with Crippen LogP contribution in [0.25, 0.3) is 0 Å². The van der Waals surface area contributed by atoms with Gasteiger partial charge in [-0.1, -0.05) is 48.5 Å². The van der Waals surface area contributed by atoms with Gasteiger partial charge in [0, 0.05) is 81.1 Å². The summed E-state index contributed by atoms with van der Waals surface area (Å²) in [5, 5.41) is 3.84. The normalized spacial score (nSPS) is 41.2. The van der Waals surface area contributed by atoms with Crippen molar-refractivity contribution in [2.24, 2.45) is 22.2 Å². The molecule has 1 aliphatic carbocycles. The summed E-state index contributed by atoms with van der Waals surface area (Å²) in [5.41, 5.74) is 0.857. The molecule has 5 fully saturated rings. The third-order valence-electron chi connectivity index (χ3n) is 11.9. The molecule has 0 radical (unpaired) electrons. The predicted octanol–water partition coefficient (Wildman–Crippen LogP) is 5.51. The molecule has 1 saturated carbocycles. The van der Waals surface area contributed by atoms with Crippen LogP contribution in [-0.4, -0.2) is 126 Å². The van der Waals surface area contributed by atoms with Gasteiger partial charge in [0.05, 0.1) is 18.8 Å². The monoisotopic (exact) mass is 606 g/mol. The lowest BCUT2D eigenvalue weighted by Gasteiger charge is -2.49. The van der Waals surface area contributed by atoms with Crippen LogP contribution in [0.3, 0.4) is 0 Å². The first-order valence-electron chi connectivity index (χ1n) is 17.6. The van der Waals surface area contributed by atoms with Gasteiger partial charge in [0.1, 0.15) is 6.17 Å². The van der Waals surface area contributed by atoms with E-state index in [1.807, 2.05) is 0 Å². The Bertz CT molecular complexity index is 978. The number of fused-ring (bicyclic) bond motifs is 1. The third kappa shape index (κ3) is 6.74. The van der Waals surface area contributed by atoms with E-state index in [0.717, 1.165) is 51.9 Å². The molecule has 1 N–H and O–H groups in total. The van der Waals surface area contributed by atoms with Crippen LogP contribution in [0.15, 0.2) is 0 Å². The van der Waals surface area contributed by atoms with E-state index < -0.39 is 6.17 Å². The van der Waals surface area contributed by atoms with Crippen LogP contribution in [0.2, 0.25) is 0 Å². The Morgan fingerprint density at radius 1 is 0.814 bits per heavy atom. The second-order valence-corrected chi connectivity index (χ2v) is 19.5. The van der Waals surface area contributed by atoms with Crippen LogP contribution in [0, 0.1) is 22.2 Å². The van der Waals surface area contributed by atoms with Crippen molar-refractivity contribution >= 4 is 0 Å². The summed E-state index contributed by atoms with van der Waals surface area (Å²) in [4.78, 5) is 10.7. The van der Waals surface area contributed by atoms with E-state index in [4.69, 9.17) is 4.74 Å². The molecule has 0 aromatic carbocycles. The highest BCUT2D eigenvalue weighted by Gasteiger charge is 2.70. The highest BCUT2D eigenvalue weighted by Crippen LogP contribution is 2.66. The second-order valence-electron chi connectivity index (χ2n) is 19.5. The van der Waals surface area contributed by atoms with Crippen LogP contribution in [0.4, 0.5) is 4.39 Å². The average Bonchev–Trinajstić information content (AvgIpc) is 3.29. The molecule has 250 valence electrons. The summed E-state index contributed by atoms with van der Waals surface area (Å²) in [5.74, 6) is 0.683. The number of morpholine rings is 1. The quantitative estimate of drug-likeness (QED) is 0.445. The van der Waals surface area contributed by atoms with Gasteiger partial charge in [-0.15, -0.1) is 0 Å². The zero-order valence-corrected chi connectivity index (χ0v) is 30.3. The third-order valence-corrected chi connectivity index (χ3v) is 11.9. The molecule has 9 atom stereocenters. The zero-order valence-electron chi connectivity index (χ0n) is 30.3. The molecule has 4 aliphatic heterocycles. The van der Waals surface area contributed by atoms with Crippen molar-refractivity contribution in [2.45, 2.75) is 156 Å². The van der Waals surface area contributed by atoms with E-state index in [0.29, 0.717) is 29.8 Å². The summed E-state index contributed by atoms with van der Waals surface area (Å²) < 4.78 is 22.2. The number of rotatable bonds is 5. The van der Waals surface area contributed by atoms with Crippen LogP contribution < -0.4 is 5.32 Å². The molecule has 4 unspecified atom stereocenters. The number of halogens is 1. The molecule has 0 aromatic heterocycles. The van der Waals surface area contributed by atoms with Gasteiger partial charge in [0.2, 0.25) is 0 Å². The minimum Gasteiger partial charge on any atom is -0.374 e. The van der Waals surface area contributed by atoms with E-state index in [9.17, 15) is 0 Å². The minimum atomic E-state index is -0.782. The maximum Gasteiger partial charge on any atom is 0.118 e. The van der Waals surface area contributed by atoms with Crippen molar-refractivity contribution < 1.29 is 9.13 Å². The molecule has 43 heavy (non-hydrogen) atoms. The molecule has 0 amide bonds.